The van der Waals surface area contributed by atoms with Crippen molar-refractivity contribution in [2.45, 2.75) is 20.8 Å². The van der Waals surface area contributed by atoms with Gasteiger partial charge in [0.1, 0.15) is 5.82 Å². The minimum absolute atomic E-state index is 0.0196. The SMILES string of the molecule is Cc1cccc(NC(=O)c2nnn(-c3ccc(F)c(Cl)c3)c2C)c1C. The van der Waals surface area contributed by atoms with Crippen LogP contribution < -0.4 is 5.32 Å². The van der Waals surface area contributed by atoms with Gasteiger partial charge in [0.05, 0.1) is 16.4 Å². The highest BCUT2D eigenvalue weighted by molar-refractivity contribution is 6.30. The van der Waals surface area contributed by atoms with Gasteiger partial charge in [0.15, 0.2) is 5.69 Å². The van der Waals surface area contributed by atoms with E-state index in [1.165, 1.54) is 22.9 Å². The van der Waals surface area contributed by atoms with E-state index in [-0.39, 0.29) is 16.6 Å². The van der Waals surface area contributed by atoms with E-state index in [1.54, 1.807) is 6.92 Å². The van der Waals surface area contributed by atoms with Gasteiger partial charge in [-0.05, 0) is 56.2 Å². The molecule has 1 aromatic heterocycles. The minimum Gasteiger partial charge on any atom is -0.320 e. The Bertz CT molecular complexity index is 968. The molecule has 1 N–H and O–H groups in total. The monoisotopic (exact) mass is 358 g/mol. The number of anilines is 1. The van der Waals surface area contributed by atoms with Crippen LogP contribution in [0.15, 0.2) is 36.4 Å². The zero-order valence-electron chi connectivity index (χ0n) is 14.0. The summed E-state index contributed by atoms with van der Waals surface area (Å²) in [6.07, 6.45) is 0. The molecule has 0 atom stereocenters. The number of carbonyl (C=O) groups is 1. The molecule has 7 heteroatoms. The summed E-state index contributed by atoms with van der Waals surface area (Å²) in [4.78, 5) is 12.6. The third-order valence-electron chi connectivity index (χ3n) is 4.11. The van der Waals surface area contributed by atoms with Crippen molar-refractivity contribution in [3.8, 4) is 5.69 Å². The Morgan fingerprint density at radius 3 is 2.68 bits per heavy atom. The molecule has 2 aromatic carbocycles. The van der Waals surface area contributed by atoms with E-state index in [4.69, 9.17) is 11.6 Å². The van der Waals surface area contributed by atoms with Gasteiger partial charge in [0.25, 0.3) is 5.91 Å². The Morgan fingerprint density at radius 2 is 1.96 bits per heavy atom. The Hall–Kier alpha value is -2.73. The quantitative estimate of drug-likeness (QED) is 0.761. The van der Waals surface area contributed by atoms with E-state index < -0.39 is 5.82 Å². The number of hydrogen-bond acceptors (Lipinski definition) is 3. The summed E-state index contributed by atoms with van der Waals surface area (Å²) in [6.45, 7) is 5.63. The van der Waals surface area contributed by atoms with Gasteiger partial charge in [-0.2, -0.15) is 0 Å². The molecule has 3 aromatic rings. The number of nitrogens with zero attached hydrogens (tertiary/aromatic N) is 3. The average molecular weight is 359 g/mol. The predicted octanol–water partition coefficient (Wildman–Crippen LogP) is 4.24. The van der Waals surface area contributed by atoms with Crippen molar-refractivity contribution < 1.29 is 9.18 Å². The lowest BCUT2D eigenvalue weighted by Crippen LogP contribution is -2.15. The summed E-state index contributed by atoms with van der Waals surface area (Å²) in [5.41, 5.74) is 4.06. The lowest BCUT2D eigenvalue weighted by atomic mass is 10.1. The first-order chi connectivity index (χ1) is 11.9. The van der Waals surface area contributed by atoms with E-state index in [1.807, 2.05) is 32.0 Å². The second-order valence-electron chi connectivity index (χ2n) is 5.74. The van der Waals surface area contributed by atoms with Crippen LogP contribution in [0.2, 0.25) is 5.02 Å². The maximum absolute atomic E-state index is 13.3. The molecule has 3 rings (SSSR count). The van der Waals surface area contributed by atoms with Crippen molar-refractivity contribution in [3.05, 3.63) is 69.8 Å². The normalized spacial score (nSPS) is 10.8. The van der Waals surface area contributed by atoms with Crippen LogP contribution in [0.25, 0.3) is 5.69 Å². The topological polar surface area (TPSA) is 59.8 Å². The molecule has 25 heavy (non-hydrogen) atoms. The van der Waals surface area contributed by atoms with Crippen molar-refractivity contribution in [2.75, 3.05) is 5.32 Å². The number of halogens is 2. The molecule has 0 radical (unpaired) electrons. The van der Waals surface area contributed by atoms with Gasteiger partial charge in [-0.1, -0.05) is 28.9 Å². The van der Waals surface area contributed by atoms with Gasteiger partial charge in [-0.25, -0.2) is 9.07 Å². The molecule has 0 fully saturated rings. The molecule has 0 saturated carbocycles. The number of hydrogen-bond donors (Lipinski definition) is 1. The zero-order valence-corrected chi connectivity index (χ0v) is 14.7. The van der Waals surface area contributed by atoms with Gasteiger partial charge in [-0.15, -0.1) is 5.10 Å². The molecule has 0 aliphatic rings. The van der Waals surface area contributed by atoms with Crippen molar-refractivity contribution in [1.29, 1.82) is 0 Å². The second-order valence-corrected chi connectivity index (χ2v) is 6.14. The smallest absolute Gasteiger partial charge is 0.278 e. The fourth-order valence-electron chi connectivity index (χ4n) is 2.47. The van der Waals surface area contributed by atoms with E-state index in [9.17, 15) is 9.18 Å². The first-order valence-electron chi connectivity index (χ1n) is 7.63. The average Bonchev–Trinajstić information content (AvgIpc) is 2.96. The first-order valence-corrected chi connectivity index (χ1v) is 8.01. The number of benzene rings is 2. The van der Waals surface area contributed by atoms with Crippen LogP contribution in [0.5, 0.6) is 0 Å². The molecule has 0 bridgehead atoms. The number of aromatic nitrogens is 3. The lowest BCUT2D eigenvalue weighted by molar-refractivity contribution is 0.102. The van der Waals surface area contributed by atoms with Crippen LogP contribution in [0.1, 0.15) is 27.3 Å². The Morgan fingerprint density at radius 1 is 1.20 bits per heavy atom. The second kappa shape index (κ2) is 6.64. The molecule has 0 unspecified atom stereocenters. The largest absolute Gasteiger partial charge is 0.320 e. The van der Waals surface area contributed by atoms with Crippen molar-refractivity contribution in [3.63, 3.8) is 0 Å². The molecular formula is C18H16ClFN4O. The van der Waals surface area contributed by atoms with Crippen LogP contribution in [0, 0.1) is 26.6 Å². The summed E-state index contributed by atoms with van der Waals surface area (Å²) in [6, 6.07) is 9.89. The van der Waals surface area contributed by atoms with Crippen LogP contribution >= 0.6 is 11.6 Å². The van der Waals surface area contributed by atoms with E-state index in [0.717, 1.165) is 16.8 Å². The molecular weight excluding hydrogens is 343 g/mol. The number of carbonyl (C=O) groups excluding carboxylic acids is 1. The standard InChI is InChI=1S/C18H16ClFN4O/c1-10-5-4-6-16(11(10)2)21-18(25)17-12(3)24(23-22-17)13-7-8-15(20)14(19)9-13/h4-9H,1-3H3,(H,21,25). The van der Waals surface area contributed by atoms with Crippen molar-refractivity contribution in [1.82, 2.24) is 15.0 Å². The van der Waals surface area contributed by atoms with Crippen molar-refractivity contribution in [2.24, 2.45) is 0 Å². The highest BCUT2D eigenvalue weighted by Gasteiger charge is 2.18. The van der Waals surface area contributed by atoms with Gasteiger partial charge in [0.2, 0.25) is 0 Å². The van der Waals surface area contributed by atoms with Crippen LogP contribution in [-0.2, 0) is 0 Å². The third kappa shape index (κ3) is 3.25. The van der Waals surface area contributed by atoms with Crippen molar-refractivity contribution >= 4 is 23.2 Å². The highest BCUT2D eigenvalue weighted by Crippen LogP contribution is 2.22. The summed E-state index contributed by atoms with van der Waals surface area (Å²) < 4.78 is 14.8. The predicted molar refractivity (Wildman–Crippen MR) is 94.9 cm³/mol. The number of amides is 1. The lowest BCUT2D eigenvalue weighted by Gasteiger charge is -2.09. The number of nitrogens with one attached hydrogen (secondary N) is 1. The summed E-state index contributed by atoms with van der Waals surface area (Å²) in [5.74, 6) is -0.873. The van der Waals surface area contributed by atoms with E-state index in [2.05, 4.69) is 15.6 Å². The minimum atomic E-state index is -0.518. The molecule has 128 valence electrons. The van der Waals surface area contributed by atoms with E-state index in [0.29, 0.717) is 11.4 Å². The maximum atomic E-state index is 13.3. The maximum Gasteiger partial charge on any atom is 0.278 e. The van der Waals surface area contributed by atoms with Gasteiger partial charge >= 0.3 is 0 Å². The van der Waals surface area contributed by atoms with Gasteiger partial charge < -0.3 is 5.32 Å². The van der Waals surface area contributed by atoms with Crippen LogP contribution in [-0.4, -0.2) is 20.9 Å². The Balaban J connectivity index is 1.91. The molecule has 0 aliphatic heterocycles. The third-order valence-corrected chi connectivity index (χ3v) is 4.40. The fourth-order valence-corrected chi connectivity index (χ4v) is 2.64. The summed E-state index contributed by atoms with van der Waals surface area (Å²) >= 11 is 5.81. The Kier molecular flexibility index (Phi) is 4.55. The molecule has 0 saturated heterocycles. The highest BCUT2D eigenvalue weighted by atomic mass is 35.5. The molecule has 0 spiro atoms. The number of rotatable bonds is 3. The molecule has 1 amide bonds. The zero-order chi connectivity index (χ0) is 18.1. The summed E-state index contributed by atoms with van der Waals surface area (Å²) in [5, 5.41) is 10.8. The molecule has 0 aliphatic carbocycles. The summed E-state index contributed by atoms with van der Waals surface area (Å²) in [7, 11) is 0. The Labute approximate surface area is 149 Å². The van der Waals surface area contributed by atoms with Gasteiger partial charge in [-0.3, -0.25) is 4.79 Å². The first kappa shape index (κ1) is 17.1. The number of aryl methyl sites for hydroxylation is 1. The fraction of sp³-hybridized carbons (Fsp3) is 0.167. The van der Waals surface area contributed by atoms with Crippen LogP contribution in [0.3, 0.4) is 0 Å². The molecule has 5 nitrogen and oxygen atoms in total. The molecule has 1 heterocycles. The van der Waals surface area contributed by atoms with Crippen LogP contribution in [0.4, 0.5) is 10.1 Å². The van der Waals surface area contributed by atoms with E-state index >= 15 is 0 Å². The van der Waals surface area contributed by atoms with Gasteiger partial charge in [0, 0.05) is 5.69 Å².